The number of nitrogens with one attached hydrogen (secondary N) is 19. The van der Waals surface area contributed by atoms with Gasteiger partial charge < -0.3 is 153 Å². The third kappa shape index (κ3) is 47.2. The monoisotopic (exact) mass is 2010 g/mol. The van der Waals surface area contributed by atoms with E-state index >= 15 is 0 Å². The normalized spacial score (nSPS) is 15.3. The van der Waals surface area contributed by atoms with Crippen LogP contribution in [0.2, 0.25) is 0 Å². The molecule has 1 aromatic carbocycles. The van der Waals surface area contributed by atoms with Crippen molar-refractivity contribution in [2.75, 3.05) is 45.1 Å². The number of amides is 19. The van der Waals surface area contributed by atoms with E-state index in [0.29, 0.717) is 18.4 Å². The highest BCUT2D eigenvalue weighted by Crippen LogP contribution is 2.18. The number of thiol groups is 1. The first-order valence-electron chi connectivity index (χ1n) is 45.5. The van der Waals surface area contributed by atoms with E-state index in [0.717, 1.165) is 13.8 Å². The number of rotatable bonds is 68. The van der Waals surface area contributed by atoms with Crippen LogP contribution in [0.25, 0.3) is 0 Å². The van der Waals surface area contributed by atoms with Crippen LogP contribution in [0.3, 0.4) is 0 Å². The van der Waals surface area contributed by atoms with E-state index in [1.807, 2.05) is 0 Å². The van der Waals surface area contributed by atoms with E-state index < -0.39 is 358 Å². The van der Waals surface area contributed by atoms with Gasteiger partial charge in [-0.25, -0.2) is 4.79 Å². The van der Waals surface area contributed by atoms with Gasteiger partial charge in [-0.3, -0.25) is 110 Å². The molecule has 0 aliphatic heterocycles. The molecule has 0 fully saturated rings. The second-order valence-electron chi connectivity index (χ2n) is 33.9. The summed E-state index contributed by atoms with van der Waals surface area (Å²) in [7, 11) is 0. The molecule has 0 aliphatic carbocycles. The summed E-state index contributed by atoms with van der Waals surface area (Å²) in [6.45, 7) is 13.5. The zero-order chi connectivity index (χ0) is 107. The second-order valence-corrected chi connectivity index (χ2v) is 34.3. The number of carbonyl (C=O) groups is 24. The maximum atomic E-state index is 14.4. The minimum absolute atomic E-state index is 0.00186. The van der Waals surface area contributed by atoms with Crippen LogP contribution >= 0.6 is 12.6 Å². The van der Waals surface area contributed by atoms with Crippen molar-refractivity contribution < 1.29 is 156 Å². The molecule has 0 aromatic heterocycles. The Morgan fingerprint density at radius 2 is 0.643 bits per heavy atom. The Bertz CT molecular complexity index is 4440. The van der Waals surface area contributed by atoms with Gasteiger partial charge in [0.25, 0.3) is 0 Å². The Hall–Kier alpha value is -13.5. The minimum atomic E-state index is -2.06. The van der Waals surface area contributed by atoms with Crippen molar-refractivity contribution >= 4 is 155 Å². The first kappa shape index (κ1) is 124. The molecular formula is C86H139N21O32S. The van der Waals surface area contributed by atoms with Gasteiger partial charge in [-0.05, 0) is 127 Å². The van der Waals surface area contributed by atoms with Crippen molar-refractivity contribution in [3.63, 3.8) is 0 Å². The molecule has 31 N–H and O–H groups in total. The number of aromatic hydroxyl groups is 1. The average molecular weight is 2010 g/mol. The molecule has 0 unspecified atom stereocenters. The number of unbranched alkanes of at least 4 members (excludes halogenated alkanes) is 1. The number of carboxylic acids is 5. The molecule has 0 spiro atoms. The van der Waals surface area contributed by atoms with Gasteiger partial charge in [-0.15, -0.1) is 0 Å². The van der Waals surface area contributed by atoms with Gasteiger partial charge in [-0.1, -0.05) is 86.8 Å². The number of carbonyl (C=O) groups excluding carboxylic acids is 19. The third-order valence-electron chi connectivity index (χ3n) is 21.9. The molecular weight excluding hydrogens is 1870 g/mol. The quantitative estimate of drug-likeness (QED) is 0.0213. The Kier molecular flexibility index (Phi) is 57.5. The fourth-order valence-electron chi connectivity index (χ4n) is 13.0. The number of carboxylic acid groups (broad SMARTS) is 5. The van der Waals surface area contributed by atoms with Gasteiger partial charge in [0, 0.05) is 37.9 Å². The summed E-state index contributed by atoms with van der Waals surface area (Å²) < 4.78 is 0. The molecule has 786 valence electrons. The van der Waals surface area contributed by atoms with Crippen molar-refractivity contribution in [2.45, 2.75) is 289 Å². The minimum Gasteiger partial charge on any atom is -0.508 e. The highest BCUT2D eigenvalue weighted by atomic mass is 32.1. The molecule has 20 atom stereocenters. The summed E-state index contributed by atoms with van der Waals surface area (Å²) in [5.74, 6) is -31.1. The first-order valence-corrected chi connectivity index (χ1v) is 46.1. The van der Waals surface area contributed by atoms with Gasteiger partial charge in [0.15, 0.2) is 0 Å². The van der Waals surface area contributed by atoms with Crippen LogP contribution in [-0.4, -0.2) is 331 Å². The molecule has 0 saturated heterocycles. The summed E-state index contributed by atoms with van der Waals surface area (Å²) in [5, 5.41) is 124. The number of benzene rings is 1. The van der Waals surface area contributed by atoms with Crippen molar-refractivity contribution in [1.29, 1.82) is 0 Å². The Labute approximate surface area is 812 Å². The lowest BCUT2D eigenvalue weighted by Crippen LogP contribution is -2.62. The van der Waals surface area contributed by atoms with Crippen LogP contribution in [-0.2, 0) is 121 Å². The fraction of sp³-hybridized carbons (Fsp3) is 0.651. The highest BCUT2D eigenvalue weighted by molar-refractivity contribution is 7.80. The number of aliphatic carboxylic acids is 5. The molecule has 54 heteroatoms. The molecule has 0 heterocycles. The zero-order valence-electron chi connectivity index (χ0n) is 80.2. The SMILES string of the molecule is CC[C@H](C)[C@H](NC(=O)[C@H](Cc1ccc(O)cc1)NC(=O)[C@H](C)NC(=O)CNC(=O)[C@H](C)NC(=O)CN)C(=O)N[C@@H](CS)C(=O)NCC(=O)N[C@@H](CCC(=O)O)C(=O)N[C@@H](CCC(=O)O)C(=O)N[C@H](C(=O)N[C@@H](C)C(=O)N[C@@H](CC(C)C)C(=O)N[C@H](C(=O)N[C@@H](CCC(=O)O)C(=O)N[C@@H](CO)C(=O)N[C@H](C(=O)N[C@@H](CCC(=O)O)C(=O)NCC(=O)N[C@@H](CCCCN)C(=O)O)[C@@H](C)CC)[C@@H](C)CC)[C@@H](C)O. The second kappa shape index (κ2) is 64.6. The summed E-state index contributed by atoms with van der Waals surface area (Å²) >= 11 is 4.19. The van der Waals surface area contributed by atoms with Crippen LogP contribution in [0.15, 0.2) is 24.3 Å². The molecule has 19 amide bonds. The van der Waals surface area contributed by atoms with Crippen molar-refractivity contribution in [3.8, 4) is 5.75 Å². The van der Waals surface area contributed by atoms with Gasteiger partial charge >= 0.3 is 29.8 Å². The number of aliphatic hydroxyl groups excluding tert-OH is 2. The zero-order valence-corrected chi connectivity index (χ0v) is 81.1. The maximum absolute atomic E-state index is 14.4. The molecule has 0 aliphatic rings. The summed E-state index contributed by atoms with van der Waals surface area (Å²) in [6.07, 6.45) is -7.11. The van der Waals surface area contributed by atoms with Crippen LogP contribution < -0.4 is 112 Å². The Morgan fingerprint density at radius 1 is 0.329 bits per heavy atom. The summed E-state index contributed by atoms with van der Waals surface area (Å²) in [4.78, 5) is 319. The highest BCUT2D eigenvalue weighted by Gasteiger charge is 2.41. The number of hydrogen-bond acceptors (Lipinski definition) is 30. The lowest BCUT2D eigenvalue weighted by atomic mass is 9.96. The van der Waals surface area contributed by atoms with Crippen molar-refractivity contribution in [2.24, 2.45) is 35.1 Å². The van der Waals surface area contributed by atoms with Crippen LogP contribution in [0.1, 0.15) is 185 Å². The van der Waals surface area contributed by atoms with E-state index in [2.05, 4.69) is 114 Å². The Balaban J connectivity index is 3.47. The average Bonchev–Trinajstić information content (AvgIpc) is 0.850. The number of nitrogens with two attached hydrogens (primary N) is 2. The van der Waals surface area contributed by atoms with E-state index in [1.165, 1.54) is 52.0 Å². The van der Waals surface area contributed by atoms with Crippen LogP contribution in [0.5, 0.6) is 5.75 Å². The predicted molar refractivity (Wildman–Crippen MR) is 496 cm³/mol. The van der Waals surface area contributed by atoms with Gasteiger partial charge in [0.2, 0.25) is 112 Å². The number of hydrogen-bond donors (Lipinski definition) is 30. The number of aliphatic hydroxyl groups is 2. The molecule has 53 nitrogen and oxygen atoms in total. The lowest BCUT2D eigenvalue weighted by Gasteiger charge is -2.30. The van der Waals surface area contributed by atoms with E-state index in [1.54, 1.807) is 41.5 Å². The lowest BCUT2D eigenvalue weighted by molar-refractivity contribution is -0.142. The molecule has 1 rings (SSSR count). The van der Waals surface area contributed by atoms with Gasteiger partial charge in [0.05, 0.1) is 38.9 Å². The standard InChI is InChI=1S/C86H139N21O32S/c1-13-41(6)67(83(135)99-52(25-29-65(119)120)77(129)102-57(38-108)81(133)106-68(42(7)14-2)82(134)98-50(23-27-63(115)116)74(126)90-37-62(114)96-54(86(138)139)18-16-17-31-87)104-79(131)55(32-40(4)5)100-73(125)46(11)94-85(137)70(47(12)109)107-78(130)53(26-30-66(121)122)97-76(128)51(24-28-64(117)118)95-61(113)36-91-75(127)58(39-140)103-84(136)69(43(8)15-3)105-80(132)56(33-48-19-21-49(110)22-20-48)101-72(124)45(10)93-60(112)35-89-71(123)44(9)92-59(111)34-88/h19-22,40-47,50-58,67-70,108-110,140H,13-18,23-39,87-88H2,1-12H3,(H,89,123)(H,90,126)(H,91,127)(H,92,111)(H,93,112)(H,94,137)(H,95,113)(H,96,114)(H,97,128)(H,98,134)(H,99,135)(H,100,125)(H,101,124)(H,102,129)(H,103,136)(H,104,131)(H,105,132)(H,106,133)(H,107,130)(H,115,116)(H,117,118)(H,119,120)(H,121,122)(H,138,139)/t41-,42-,43-,44-,45-,46-,47+,50-,51-,52-,53-,54-,55-,56-,57-,58-,67-,68-,69-,70-/m0/s1. The molecule has 0 bridgehead atoms. The summed E-state index contributed by atoms with van der Waals surface area (Å²) in [6, 6.07) is -20.8. The van der Waals surface area contributed by atoms with Gasteiger partial charge in [0.1, 0.15) is 102 Å². The number of phenols is 1. The predicted octanol–water partition coefficient (Wildman–Crippen LogP) is -8.78. The maximum Gasteiger partial charge on any atom is 0.326 e. The third-order valence-corrected chi connectivity index (χ3v) is 22.3. The first-order chi connectivity index (χ1) is 65.6. The smallest absolute Gasteiger partial charge is 0.326 e. The van der Waals surface area contributed by atoms with E-state index in [-0.39, 0.29) is 50.8 Å². The molecule has 0 radical (unpaired) electrons. The van der Waals surface area contributed by atoms with Crippen LogP contribution in [0, 0.1) is 23.7 Å². The van der Waals surface area contributed by atoms with Crippen molar-refractivity contribution in [1.82, 2.24) is 101 Å². The summed E-state index contributed by atoms with van der Waals surface area (Å²) in [5.41, 5.74) is 11.1. The van der Waals surface area contributed by atoms with Gasteiger partial charge in [-0.2, -0.15) is 12.6 Å². The van der Waals surface area contributed by atoms with E-state index in [4.69, 9.17) is 11.5 Å². The van der Waals surface area contributed by atoms with E-state index in [9.17, 15) is 156 Å². The number of phenolic OH excluding ortho intramolecular Hbond substituents is 1. The molecule has 140 heavy (non-hydrogen) atoms. The molecule has 1 aromatic rings. The largest absolute Gasteiger partial charge is 0.508 e. The molecule has 0 saturated carbocycles. The van der Waals surface area contributed by atoms with Crippen molar-refractivity contribution in [3.05, 3.63) is 29.8 Å². The Morgan fingerprint density at radius 3 is 1.04 bits per heavy atom. The van der Waals surface area contributed by atoms with Crippen LogP contribution in [0.4, 0.5) is 0 Å². The fourth-order valence-corrected chi connectivity index (χ4v) is 13.3. The topological polar surface area (TPSA) is 852 Å².